The molecule has 0 heterocycles. The van der Waals surface area contributed by atoms with Crippen LogP contribution < -0.4 is 0 Å². The number of unbranched alkanes of at least 4 members (excludes halogenated alkanes) is 10. The predicted molar refractivity (Wildman–Crippen MR) is 76.7 cm³/mol. The van der Waals surface area contributed by atoms with Crippen LogP contribution in [0.4, 0.5) is 0 Å². The zero-order valence-electron chi connectivity index (χ0n) is 11.9. The van der Waals surface area contributed by atoms with E-state index in [0.29, 0.717) is 0 Å². The molecule has 0 rings (SSSR count). The van der Waals surface area contributed by atoms with Crippen LogP contribution in [0.3, 0.4) is 0 Å². The third-order valence-electron chi connectivity index (χ3n) is 3.06. The summed E-state index contributed by atoms with van der Waals surface area (Å²) in [6, 6.07) is 0. The first-order chi connectivity index (χ1) is 8.41. The Labute approximate surface area is 109 Å². The Kier molecular flexibility index (Phi) is 15.9. The maximum Gasteiger partial charge on any atom is 0.0836 e. The van der Waals surface area contributed by atoms with Crippen molar-refractivity contribution in [3.8, 4) is 0 Å². The lowest BCUT2D eigenvalue weighted by atomic mass is 10.1. The highest BCUT2D eigenvalue weighted by Crippen LogP contribution is 2.08. The van der Waals surface area contributed by atoms with Crippen molar-refractivity contribution in [1.82, 2.24) is 0 Å². The van der Waals surface area contributed by atoms with E-state index in [4.69, 9.17) is 4.74 Å². The zero-order valence-corrected chi connectivity index (χ0v) is 11.9. The Morgan fingerprint density at radius 2 is 1.47 bits per heavy atom. The van der Waals surface area contributed by atoms with Crippen molar-refractivity contribution in [3.05, 3.63) is 13.5 Å². The Balaban J connectivity index is 2.85. The van der Waals surface area contributed by atoms with Gasteiger partial charge >= 0.3 is 0 Å². The average Bonchev–Trinajstić information content (AvgIpc) is 2.35. The molecule has 0 aromatic heterocycles. The number of hydrogen-bond donors (Lipinski definition) is 0. The van der Waals surface area contributed by atoms with Gasteiger partial charge < -0.3 is 4.74 Å². The molecule has 0 N–H and O–H groups in total. The predicted octanol–water partition coefficient (Wildman–Crippen LogP) is 5.70. The molecule has 0 unspecified atom stereocenters. The summed E-state index contributed by atoms with van der Waals surface area (Å²) in [5.74, 6) is 0. The summed E-state index contributed by atoms with van der Waals surface area (Å²) in [5, 5.41) is 0. The van der Waals surface area contributed by atoms with E-state index in [1.807, 2.05) is 6.61 Å². The number of ether oxygens (including phenoxy) is 1. The van der Waals surface area contributed by atoms with Crippen molar-refractivity contribution in [3.63, 3.8) is 0 Å². The van der Waals surface area contributed by atoms with Crippen molar-refractivity contribution in [2.24, 2.45) is 0 Å². The van der Waals surface area contributed by atoms with E-state index in [9.17, 15) is 0 Å². The van der Waals surface area contributed by atoms with E-state index in [1.165, 1.54) is 64.2 Å². The molecule has 0 spiro atoms. The summed E-state index contributed by atoms with van der Waals surface area (Å²) < 4.78 is 5.51. The second-order valence-electron chi connectivity index (χ2n) is 4.86. The molecule has 0 aromatic carbocycles. The fourth-order valence-corrected chi connectivity index (χ4v) is 1.89. The summed E-state index contributed by atoms with van der Waals surface area (Å²) in [6.07, 6.45) is 15.5. The second kappa shape index (κ2) is 16.0. The SMILES string of the molecule is [CH2]CCCCCC[CH]OCCCCCCCC. The molecule has 0 aliphatic rings. The van der Waals surface area contributed by atoms with Crippen LogP contribution in [0.1, 0.15) is 84.0 Å². The molecule has 0 aliphatic heterocycles. The molecule has 0 bridgehead atoms. The largest absolute Gasteiger partial charge is 0.376 e. The second-order valence-corrected chi connectivity index (χ2v) is 4.86. The van der Waals surface area contributed by atoms with Crippen LogP contribution in [-0.2, 0) is 4.74 Å². The minimum Gasteiger partial charge on any atom is -0.376 e. The fourth-order valence-electron chi connectivity index (χ4n) is 1.89. The third kappa shape index (κ3) is 16.0. The lowest BCUT2D eigenvalue weighted by molar-refractivity contribution is 0.183. The zero-order chi connectivity index (χ0) is 12.6. The first-order valence-electron chi connectivity index (χ1n) is 7.64. The summed E-state index contributed by atoms with van der Waals surface area (Å²) in [7, 11) is 0. The molecule has 0 atom stereocenters. The molecule has 0 fully saturated rings. The van der Waals surface area contributed by atoms with Gasteiger partial charge in [0.15, 0.2) is 0 Å². The highest BCUT2D eigenvalue weighted by Gasteiger charge is 1.93. The standard InChI is InChI=1S/C16H32O/c1-3-5-7-9-11-13-15-17-16-14-12-10-8-6-4-2/h15H,1,3-14,16H2,2H3. The monoisotopic (exact) mass is 240 g/mol. The molecular weight excluding hydrogens is 208 g/mol. The molecule has 0 aliphatic carbocycles. The topological polar surface area (TPSA) is 9.23 Å². The van der Waals surface area contributed by atoms with Gasteiger partial charge in [-0.05, 0) is 12.8 Å². The maximum absolute atomic E-state index is 5.51. The van der Waals surface area contributed by atoms with Gasteiger partial charge in [0.05, 0.1) is 6.61 Å². The van der Waals surface area contributed by atoms with Gasteiger partial charge in [-0.25, -0.2) is 0 Å². The molecule has 1 nitrogen and oxygen atoms in total. The maximum atomic E-state index is 5.51. The Morgan fingerprint density at radius 3 is 2.24 bits per heavy atom. The Morgan fingerprint density at radius 1 is 0.824 bits per heavy atom. The van der Waals surface area contributed by atoms with Crippen molar-refractivity contribution >= 4 is 0 Å². The minimum absolute atomic E-state index is 0.922. The molecule has 2 radical (unpaired) electrons. The van der Waals surface area contributed by atoms with E-state index < -0.39 is 0 Å². The minimum atomic E-state index is 0.922. The molecule has 0 saturated heterocycles. The van der Waals surface area contributed by atoms with Gasteiger partial charge in [-0.15, -0.1) is 0 Å². The molecule has 17 heavy (non-hydrogen) atoms. The number of rotatable bonds is 14. The summed E-state index contributed by atoms with van der Waals surface area (Å²) >= 11 is 0. The van der Waals surface area contributed by atoms with Gasteiger partial charge in [-0.2, -0.15) is 0 Å². The third-order valence-corrected chi connectivity index (χ3v) is 3.06. The van der Waals surface area contributed by atoms with Crippen LogP contribution in [0.25, 0.3) is 0 Å². The Hall–Kier alpha value is -0.0400. The lowest BCUT2D eigenvalue weighted by Crippen LogP contribution is -1.92. The molecule has 0 amide bonds. The van der Waals surface area contributed by atoms with Crippen LogP contribution in [0.15, 0.2) is 0 Å². The summed E-state index contributed by atoms with van der Waals surface area (Å²) in [5.41, 5.74) is 0. The van der Waals surface area contributed by atoms with E-state index in [2.05, 4.69) is 13.8 Å². The van der Waals surface area contributed by atoms with E-state index in [0.717, 1.165) is 19.4 Å². The summed E-state index contributed by atoms with van der Waals surface area (Å²) in [6.45, 7) is 9.04. The quantitative estimate of drug-likeness (QED) is 0.354. The van der Waals surface area contributed by atoms with Gasteiger partial charge in [0, 0.05) is 6.61 Å². The smallest absolute Gasteiger partial charge is 0.0836 e. The van der Waals surface area contributed by atoms with Crippen LogP contribution in [0.5, 0.6) is 0 Å². The molecule has 1 heteroatoms. The average molecular weight is 240 g/mol. The first kappa shape index (κ1) is 17.0. The highest BCUT2D eigenvalue weighted by atomic mass is 16.5. The van der Waals surface area contributed by atoms with E-state index >= 15 is 0 Å². The normalized spacial score (nSPS) is 10.9. The Bertz CT molecular complexity index is 109. The van der Waals surface area contributed by atoms with Crippen LogP contribution in [0.2, 0.25) is 0 Å². The van der Waals surface area contributed by atoms with Crippen molar-refractivity contribution < 1.29 is 4.74 Å². The molecule has 102 valence electrons. The molecule has 0 aromatic rings. The van der Waals surface area contributed by atoms with Crippen LogP contribution >= 0.6 is 0 Å². The van der Waals surface area contributed by atoms with Crippen LogP contribution in [0, 0.1) is 13.5 Å². The van der Waals surface area contributed by atoms with Gasteiger partial charge in [-0.1, -0.05) is 78.1 Å². The van der Waals surface area contributed by atoms with E-state index in [-0.39, 0.29) is 0 Å². The summed E-state index contributed by atoms with van der Waals surface area (Å²) in [4.78, 5) is 0. The highest BCUT2D eigenvalue weighted by molar-refractivity contribution is 4.53. The van der Waals surface area contributed by atoms with Gasteiger partial charge in [0.2, 0.25) is 0 Å². The fraction of sp³-hybridized carbons (Fsp3) is 0.875. The molecular formula is C16H32O. The van der Waals surface area contributed by atoms with Crippen LogP contribution in [-0.4, -0.2) is 6.61 Å². The first-order valence-corrected chi connectivity index (χ1v) is 7.64. The lowest BCUT2D eigenvalue weighted by Gasteiger charge is -2.03. The van der Waals surface area contributed by atoms with Crippen molar-refractivity contribution in [2.75, 3.05) is 6.61 Å². The van der Waals surface area contributed by atoms with Crippen molar-refractivity contribution in [1.29, 1.82) is 0 Å². The van der Waals surface area contributed by atoms with E-state index in [1.54, 1.807) is 0 Å². The van der Waals surface area contributed by atoms with Crippen molar-refractivity contribution in [2.45, 2.75) is 84.0 Å². The van der Waals surface area contributed by atoms with Gasteiger partial charge in [-0.3, -0.25) is 0 Å². The van der Waals surface area contributed by atoms with Gasteiger partial charge in [0.1, 0.15) is 0 Å². The van der Waals surface area contributed by atoms with Gasteiger partial charge in [0.25, 0.3) is 0 Å². The number of hydrogen-bond acceptors (Lipinski definition) is 1. The molecule has 0 saturated carbocycles.